The summed E-state index contributed by atoms with van der Waals surface area (Å²) in [6, 6.07) is 7.27. The molecular weight excluding hydrogens is 412 g/mol. The van der Waals surface area contributed by atoms with Crippen LogP contribution in [0.25, 0.3) is 11.3 Å². The Balaban J connectivity index is 1.77. The van der Waals surface area contributed by atoms with Crippen molar-refractivity contribution >= 4 is 17.9 Å². The standard InChI is InChI=1S/C23H32N4O5/c1-15(2)30-21(28)25-16-7-8-20(18(13-16)19-9-11-24-26(19)6)31-17-10-12-27(14-17)22(29)32-23(3,4)5/h7-9,11,13,15,17H,10,12,14H2,1-6H3,(H,25,28)/t17-/m1/s1. The molecule has 2 amide bonds. The van der Waals surface area contributed by atoms with E-state index in [0.717, 1.165) is 11.3 Å². The lowest BCUT2D eigenvalue weighted by Crippen LogP contribution is -2.36. The number of likely N-dealkylation sites (tertiary alicyclic amines) is 1. The molecule has 1 N–H and O–H groups in total. The van der Waals surface area contributed by atoms with Crippen molar-refractivity contribution in [1.82, 2.24) is 14.7 Å². The highest BCUT2D eigenvalue weighted by atomic mass is 16.6. The third-order valence-electron chi connectivity index (χ3n) is 4.76. The largest absolute Gasteiger partial charge is 0.488 e. The average Bonchev–Trinajstić information content (AvgIpc) is 3.30. The highest BCUT2D eigenvalue weighted by Crippen LogP contribution is 2.34. The minimum Gasteiger partial charge on any atom is -0.488 e. The molecule has 0 unspecified atom stereocenters. The number of hydrogen-bond acceptors (Lipinski definition) is 6. The molecule has 1 aliphatic heterocycles. The minimum atomic E-state index is -0.539. The van der Waals surface area contributed by atoms with Crippen LogP contribution in [0.3, 0.4) is 0 Å². The molecule has 0 radical (unpaired) electrons. The van der Waals surface area contributed by atoms with Crippen LogP contribution in [0.2, 0.25) is 0 Å². The molecule has 1 aromatic carbocycles. The summed E-state index contributed by atoms with van der Waals surface area (Å²) < 4.78 is 18.7. The highest BCUT2D eigenvalue weighted by Gasteiger charge is 2.31. The maximum atomic E-state index is 12.4. The minimum absolute atomic E-state index is 0.167. The number of benzene rings is 1. The Labute approximate surface area is 188 Å². The highest BCUT2D eigenvalue weighted by molar-refractivity contribution is 5.86. The molecule has 32 heavy (non-hydrogen) atoms. The molecule has 0 saturated carbocycles. The monoisotopic (exact) mass is 444 g/mol. The first-order valence-electron chi connectivity index (χ1n) is 10.8. The van der Waals surface area contributed by atoms with E-state index in [4.69, 9.17) is 14.2 Å². The van der Waals surface area contributed by atoms with Gasteiger partial charge in [-0.05, 0) is 58.9 Å². The third kappa shape index (κ3) is 6.15. The lowest BCUT2D eigenvalue weighted by molar-refractivity contribution is 0.0275. The van der Waals surface area contributed by atoms with Gasteiger partial charge in [0.2, 0.25) is 0 Å². The number of nitrogens with zero attached hydrogens (tertiary/aromatic N) is 3. The number of rotatable bonds is 5. The normalized spacial score (nSPS) is 16.2. The van der Waals surface area contributed by atoms with Gasteiger partial charge in [0.25, 0.3) is 0 Å². The molecule has 3 rings (SSSR count). The van der Waals surface area contributed by atoms with Gasteiger partial charge in [0.1, 0.15) is 17.5 Å². The second-order valence-corrected chi connectivity index (χ2v) is 9.08. The Kier molecular flexibility index (Phi) is 6.96. The van der Waals surface area contributed by atoms with Crippen molar-refractivity contribution in [3.8, 4) is 17.0 Å². The molecule has 1 fully saturated rings. The fraction of sp³-hybridized carbons (Fsp3) is 0.522. The molecule has 1 aliphatic rings. The van der Waals surface area contributed by atoms with Gasteiger partial charge in [0.05, 0.1) is 18.3 Å². The van der Waals surface area contributed by atoms with Gasteiger partial charge in [0.15, 0.2) is 0 Å². The zero-order chi connectivity index (χ0) is 23.5. The fourth-order valence-electron chi connectivity index (χ4n) is 3.41. The zero-order valence-electron chi connectivity index (χ0n) is 19.5. The zero-order valence-corrected chi connectivity index (χ0v) is 19.5. The van der Waals surface area contributed by atoms with Gasteiger partial charge in [-0.2, -0.15) is 5.10 Å². The first kappa shape index (κ1) is 23.4. The smallest absolute Gasteiger partial charge is 0.411 e. The predicted molar refractivity (Wildman–Crippen MR) is 121 cm³/mol. The number of aromatic nitrogens is 2. The van der Waals surface area contributed by atoms with Crippen molar-refractivity contribution in [2.45, 2.75) is 58.8 Å². The molecule has 2 aromatic rings. The van der Waals surface area contributed by atoms with Crippen LogP contribution < -0.4 is 10.1 Å². The van der Waals surface area contributed by atoms with Crippen molar-refractivity contribution in [2.24, 2.45) is 7.05 Å². The molecule has 9 heteroatoms. The number of hydrogen-bond donors (Lipinski definition) is 1. The van der Waals surface area contributed by atoms with Crippen LogP contribution in [-0.4, -0.2) is 57.8 Å². The summed E-state index contributed by atoms with van der Waals surface area (Å²) in [5, 5.41) is 6.99. The van der Waals surface area contributed by atoms with E-state index in [-0.39, 0.29) is 18.3 Å². The number of aryl methyl sites for hydroxylation is 1. The van der Waals surface area contributed by atoms with Crippen LogP contribution in [0.15, 0.2) is 30.5 Å². The second-order valence-electron chi connectivity index (χ2n) is 9.08. The van der Waals surface area contributed by atoms with E-state index in [1.54, 1.807) is 35.7 Å². The molecule has 0 bridgehead atoms. The second kappa shape index (κ2) is 9.50. The number of carbonyl (C=O) groups is 2. The average molecular weight is 445 g/mol. The van der Waals surface area contributed by atoms with E-state index >= 15 is 0 Å². The molecule has 2 heterocycles. The molecule has 0 spiro atoms. The summed E-state index contributed by atoms with van der Waals surface area (Å²) in [4.78, 5) is 26.0. The van der Waals surface area contributed by atoms with Crippen molar-refractivity contribution in [2.75, 3.05) is 18.4 Å². The van der Waals surface area contributed by atoms with E-state index in [1.807, 2.05) is 46.0 Å². The van der Waals surface area contributed by atoms with Crippen LogP contribution in [-0.2, 0) is 16.5 Å². The summed E-state index contributed by atoms with van der Waals surface area (Å²) in [6.07, 6.45) is 1.16. The van der Waals surface area contributed by atoms with Crippen LogP contribution in [0, 0.1) is 0 Å². The number of anilines is 1. The summed E-state index contributed by atoms with van der Waals surface area (Å²) >= 11 is 0. The lowest BCUT2D eigenvalue weighted by atomic mass is 10.1. The quantitative estimate of drug-likeness (QED) is 0.733. The van der Waals surface area contributed by atoms with Crippen molar-refractivity contribution in [3.63, 3.8) is 0 Å². The first-order valence-corrected chi connectivity index (χ1v) is 10.8. The van der Waals surface area contributed by atoms with E-state index in [0.29, 0.717) is 30.9 Å². The van der Waals surface area contributed by atoms with E-state index in [1.165, 1.54) is 0 Å². The summed E-state index contributed by atoms with van der Waals surface area (Å²) in [5.41, 5.74) is 1.66. The van der Waals surface area contributed by atoms with Crippen molar-refractivity contribution in [1.29, 1.82) is 0 Å². The van der Waals surface area contributed by atoms with Gasteiger partial charge in [0, 0.05) is 37.5 Å². The van der Waals surface area contributed by atoms with E-state index in [2.05, 4.69) is 10.4 Å². The lowest BCUT2D eigenvalue weighted by Gasteiger charge is -2.24. The number of amides is 2. The molecule has 1 saturated heterocycles. The van der Waals surface area contributed by atoms with Gasteiger partial charge in [-0.3, -0.25) is 10.00 Å². The van der Waals surface area contributed by atoms with Crippen molar-refractivity contribution in [3.05, 3.63) is 30.5 Å². The van der Waals surface area contributed by atoms with Crippen molar-refractivity contribution < 1.29 is 23.8 Å². The summed E-state index contributed by atoms with van der Waals surface area (Å²) in [6.45, 7) is 10.1. The molecule has 1 atom stereocenters. The summed E-state index contributed by atoms with van der Waals surface area (Å²) in [5.74, 6) is 0.646. The Morgan fingerprint density at radius 2 is 1.97 bits per heavy atom. The predicted octanol–water partition coefficient (Wildman–Crippen LogP) is 4.43. The van der Waals surface area contributed by atoms with Gasteiger partial charge < -0.3 is 19.1 Å². The van der Waals surface area contributed by atoms with Gasteiger partial charge in [-0.1, -0.05) is 0 Å². The van der Waals surface area contributed by atoms with Gasteiger partial charge in [-0.15, -0.1) is 0 Å². The molecule has 174 valence electrons. The maximum absolute atomic E-state index is 12.4. The first-order chi connectivity index (χ1) is 15.0. The maximum Gasteiger partial charge on any atom is 0.411 e. The van der Waals surface area contributed by atoms with Gasteiger partial charge in [-0.25, -0.2) is 9.59 Å². The van der Waals surface area contributed by atoms with E-state index in [9.17, 15) is 9.59 Å². The molecule has 0 aliphatic carbocycles. The number of carbonyl (C=O) groups excluding carboxylic acids is 2. The summed E-state index contributed by atoms with van der Waals surface area (Å²) in [7, 11) is 1.84. The fourth-order valence-corrected chi connectivity index (χ4v) is 3.41. The molecule has 9 nitrogen and oxygen atoms in total. The SMILES string of the molecule is CC(C)OC(=O)Nc1ccc(O[C@@H]2CCN(C(=O)OC(C)(C)C)C2)c(-c2ccnn2C)c1. The Hall–Kier alpha value is -3.23. The van der Waals surface area contributed by atoms with Crippen LogP contribution >= 0.6 is 0 Å². The van der Waals surface area contributed by atoms with Crippen LogP contribution in [0.4, 0.5) is 15.3 Å². The molecule has 1 aromatic heterocycles. The number of nitrogens with one attached hydrogen (secondary N) is 1. The topological polar surface area (TPSA) is 94.9 Å². The third-order valence-corrected chi connectivity index (χ3v) is 4.76. The Bertz CT molecular complexity index is 964. The number of ether oxygens (including phenoxy) is 3. The van der Waals surface area contributed by atoms with Gasteiger partial charge >= 0.3 is 12.2 Å². The Morgan fingerprint density at radius 1 is 1.22 bits per heavy atom. The Morgan fingerprint density at radius 3 is 2.59 bits per heavy atom. The van der Waals surface area contributed by atoms with Crippen LogP contribution in [0.5, 0.6) is 5.75 Å². The van der Waals surface area contributed by atoms with Crippen LogP contribution in [0.1, 0.15) is 41.0 Å². The van der Waals surface area contributed by atoms with E-state index < -0.39 is 11.7 Å². The molecular formula is C23H32N4O5.